The third-order valence-corrected chi connectivity index (χ3v) is 7.34. The average Bonchev–Trinajstić information content (AvgIpc) is 3.27. The van der Waals surface area contributed by atoms with Crippen LogP contribution in [0.25, 0.3) is 0 Å². The van der Waals surface area contributed by atoms with E-state index in [1.54, 1.807) is 23.1 Å². The number of aliphatic hydroxyl groups excluding tert-OH is 1. The van der Waals surface area contributed by atoms with Crippen molar-refractivity contribution in [2.75, 3.05) is 10.7 Å². The molecule has 28 heavy (non-hydrogen) atoms. The second-order valence-electron chi connectivity index (χ2n) is 7.43. The van der Waals surface area contributed by atoms with Gasteiger partial charge >= 0.3 is 0 Å². The number of carbonyl (C=O) groups excluding carboxylic acids is 1. The van der Waals surface area contributed by atoms with Crippen LogP contribution in [0.15, 0.2) is 34.8 Å². The lowest BCUT2D eigenvalue weighted by Crippen LogP contribution is -2.33. The van der Waals surface area contributed by atoms with Gasteiger partial charge in [-0.05, 0) is 43.9 Å². The van der Waals surface area contributed by atoms with Gasteiger partial charge in [-0.2, -0.15) is 0 Å². The van der Waals surface area contributed by atoms with Gasteiger partial charge in [-0.1, -0.05) is 50.1 Å². The third kappa shape index (κ3) is 5.58. The number of aryl methyl sites for hydroxylation is 1. The number of aromatic nitrogens is 1. The van der Waals surface area contributed by atoms with Crippen LogP contribution in [0.3, 0.4) is 0 Å². The average molecular weight is 419 g/mol. The maximum atomic E-state index is 12.5. The number of unbranched alkanes of at least 4 members (excludes halogenated alkanes) is 2. The minimum atomic E-state index is -0.413. The normalized spacial score (nSPS) is 18.0. The van der Waals surface area contributed by atoms with Gasteiger partial charge in [0.2, 0.25) is 5.91 Å². The minimum Gasteiger partial charge on any atom is -0.388 e. The molecule has 6 heteroatoms. The Hall–Kier alpha value is -1.37. The van der Waals surface area contributed by atoms with Gasteiger partial charge in [0.1, 0.15) is 4.34 Å². The lowest BCUT2D eigenvalue weighted by molar-refractivity contribution is -0.117. The van der Waals surface area contributed by atoms with E-state index >= 15 is 0 Å². The first kappa shape index (κ1) is 21.3. The molecule has 1 saturated heterocycles. The van der Waals surface area contributed by atoms with Crippen molar-refractivity contribution in [2.24, 2.45) is 0 Å². The summed E-state index contributed by atoms with van der Waals surface area (Å²) in [4.78, 5) is 20.1. The number of rotatable bonds is 10. The van der Waals surface area contributed by atoms with Gasteiger partial charge in [0.05, 0.1) is 6.10 Å². The molecule has 3 rings (SSSR count). The molecule has 1 aliphatic rings. The van der Waals surface area contributed by atoms with Crippen LogP contribution < -0.4 is 4.90 Å². The van der Waals surface area contributed by atoms with E-state index in [0.717, 1.165) is 59.9 Å². The summed E-state index contributed by atoms with van der Waals surface area (Å²) in [7, 11) is 0. The first-order valence-corrected chi connectivity index (χ1v) is 12.0. The van der Waals surface area contributed by atoms with Gasteiger partial charge in [0.25, 0.3) is 0 Å². The molecule has 4 nitrogen and oxygen atoms in total. The number of carbonyl (C=O) groups is 1. The zero-order valence-electron chi connectivity index (χ0n) is 16.8. The van der Waals surface area contributed by atoms with Crippen molar-refractivity contribution in [2.45, 2.75) is 75.3 Å². The smallest absolute Gasteiger partial charge is 0.227 e. The number of hydrogen-bond acceptors (Lipinski definition) is 5. The summed E-state index contributed by atoms with van der Waals surface area (Å²) >= 11 is 3.51. The molecule has 1 unspecified atom stereocenters. The number of anilines is 1. The van der Waals surface area contributed by atoms with E-state index in [1.807, 2.05) is 35.4 Å². The fourth-order valence-electron chi connectivity index (χ4n) is 3.67. The predicted molar refractivity (Wildman–Crippen MR) is 118 cm³/mol. The predicted octanol–water partition coefficient (Wildman–Crippen LogP) is 5.74. The summed E-state index contributed by atoms with van der Waals surface area (Å²) < 4.78 is 1.11. The quantitative estimate of drug-likeness (QED) is 0.395. The fourth-order valence-corrected chi connectivity index (χ4v) is 5.72. The molecule has 1 N–H and O–H groups in total. The molecule has 2 aromatic rings. The molecule has 152 valence electrons. The first-order chi connectivity index (χ1) is 13.6. The molecule has 0 radical (unpaired) electrons. The van der Waals surface area contributed by atoms with Crippen molar-refractivity contribution in [3.05, 3.63) is 40.9 Å². The Morgan fingerprint density at radius 3 is 2.79 bits per heavy atom. The summed E-state index contributed by atoms with van der Waals surface area (Å²) in [6.45, 7) is 4.24. The standard InChI is InChI=1S/C22H30N2O2S2/c1-3-4-5-6-20(25)17-7-9-18(10-8-17)24-19(11-12-21(24)26)13-14-27-22-23-15-16(2)28-22/h7-10,15,19-20,25H,3-6,11-14H2,1-2H3/t19-,20?/m1/s1. The van der Waals surface area contributed by atoms with Crippen molar-refractivity contribution < 1.29 is 9.90 Å². The van der Waals surface area contributed by atoms with Gasteiger partial charge in [-0.3, -0.25) is 4.79 Å². The lowest BCUT2D eigenvalue weighted by atomic mass is 10.0. The van der Waals surface area contributed by atoms with Crippen molar-refractivity contribution in [1.29, 1.82) is 0 Å². The van der Waals surface area contributed by atoms with Crippen molar-refractivity contribution in [3.8, 4) is 0 Å². The Morgan fingerprint density at radius 2 is 2.11 bits per heavy atom. The Labute approximate surface area is 176 Å². The topological polar surface area (TPSA) is 53.4 Å². The maximum Gasteiger partial charge on any atom is 0.227 e. The second-order valence-corrected chi connectivity index (χ2v) is 10.0. The van der Waals surface area contributed by atoms with Gasteiger partial charge in [0.15, 0.2) is 0 Å². The lowest BCUT2D eigenvalue weighted by Gasteiger charge is -2.25. The van der Waals surface area contributed by atoms with E-state index in [-0.39, 0.29) is 11.9 Å². The van der Waals surface area contributed by atoms with Crippen molar-refractivity contribution in [3.63, 3.8) is 0 Å². The Kier molecular flexibility index (Phi) is 7.94. The molecular weight excluding hydrogens is 388 g/mol. The highest BCUT2D eigenvalue weighted by Gasteiger charge is 2.31. The van der Waals surface area contributed by atoms with E-state index < -0.39 is 6.10 Å². The Morgan fingerprint density at radius 1 is 1.32 bits per heavy atom. The molecule has 2 atom stereocenters. The van der Waals surface area contributed by atoms with Crippen molar-refractivity contribution in [1.82, 2.24) is 4.98 Å². The number of thioether (sulfide) groups is 1. The highest BCUT2D eigenvalue weighted by atomic mass is 32.2. The highest BCUT2D eigenvalue weighted by molar-refractivity contribution is 8.01. The zero-order chi connectivity index (χ0) is 19.9. The first-order valence-electron chi connectivity index (χ1n) is 10.2. The van der Waals surface area contributed by atoms with Crippen molar-refractivity contribution >= 4 is 34.7 Å². The molecule has 1 amide bonds. The number of benzene rings is 1. The van der Waals surface area contributed by atoms with Crippen LogP contribution in [0.5, 0.6) is 0 Å². The molecule has 0 spiro atoms. The molecule has 1 aromatic carbocycles. The number of thiazole rings is 1. The van der Waals surface area contributed by atoms with Gasteiger partial charge in [-0.25, -0.2) is 4.98 Å². The van der Waals surface area contributed by atoms with Gasteiger partial charge in [0, 0.05) is 35.0 Å². The molecular formula is C22H30N2O2S2. The maximum absolute atomic E-state index is 12.5. The van der Waals surface area contributed by atoms with E-state index in [2.05, 4.69) is 18.8 Å². The van der Waals surface area contributed by atoms with Crippen LogP contribution in [-0.4, -0.2) is 27.8 Å². The third-order valence-electron chi connectivity index (χ3n) is 5.24. The summed E-state index contributed by atoms with van der Waals surface area (Å²) in [5.41, 5.74) is 1.89. The van der Waals surface area contributed by atoms with E-state index in [9.17, 15) is 9.90 Å². The Bertz CT molecular complexity index is 760. The summed E-state index contributed by atoms with van der Waals surface area (Å²) in [6, 6.07) is 8.18. The molecule has 0 aliphatic carbocycles. The Balaban J connectivity index is 1.57. The zero-order valence-corrected chi connectivity index (χ0v) is 18.4. The van der Waals surface area contributed by atoms with Crippen LogP contribution in [-0.2, 0) is 4.79 Å². The number of amides is 1. The number of aliphatic hydroxyl groups is 1. The molecule has 1 aromatic heterocycles. The van der Waals surface area contributed by atoms with E-state index in [4.69, 9.17) is 0 Å². The van der Waals surface area contributed by atoms with E-state index in [0.29, 0.717) is 6.42 Å². The summed E-state index contributed by atoms with van der Waals surface area (Å²) in [6.07, 6.45) is 8.15. The molecule has 1 aliphatic heterocycles. The fraction of sp³-hybridized carbons (Fsp3) is 0.545. The van der Waals surface area contributed by atoms with Crippen LogP contribution in [0, 0.1) is 6.92 Å². The molecule has 0 bridgehead atoms. The SMILES string of the molecule is CCCCCC(O)c1ccc(N2C(=O)CC[C@@H]2CCSc2ncc(C)s2)cc1. The highest BCUT2D eigenvalue weighted by Crippen LogP contribution is 2.32. The van der Waals surface area contributed by atoms with Crippen LogP contribution in [0.4, 0.5) is 5.69 Å². The monoisotopic (exact) mass is 418 g/mol. The largest absolute Gasteiger partial charge is 0.388 e. The number of nitrogens with zero attached hydrogens (tertiary/aromatic N) is 2. The molecule has 0 saturated carbocycles. The van der Waals surface area contributed by atoms with Gasteiger partial charge < -0.3 is 10.0 Å². The van der Waals surface area contributed by atoms with Gasteiger partial charge in [-0.15, -0.1) is 11.3 Å². The minimum absolute atomic E-state index is 0.205. The molecule has 1 fully saturated rings. The molecule has 2 heterocycles. The van der Waals surface area contributed by atoms with Crippen LogP contribution >= 0.6 is 23.1 Å². The summed E-state index contributed by atoms with van der Waals surface area (Å²) in [5.74, 6) is 1.17. The van der Waals surface area contributed by atoms with Crippen LogP contribution in [0.2, 0.25) is 0 Å². The second kappa shape index (κ2) is 10.4. The van der Waals surface area contributed by atoms with E-state index in [1.165, 1.54) is 4.88 Å². The van der Waals surface area contributed by atoms with Crippen LogP contribution in [0.1, 0.15) is 68.4 Å². The summed E-state index contributed by atoms with van der Waals surface area (Å²) in [5, 5.41) is 10.3. The number of hydrogen-bond donors (Lipinski definition) is 1.